The second-order valence-corrected chi connectivity index (χ2v) is 3.61. The molecule has 1 atom stereocenters. The third-order valence-electron chi connectivity index (χ3n) is 2.36. The molecule has 17 heavy (non-hydrogen) atoms. The molecule has 0 aromatic heterocycles. The Morgan fingerprint density at radius 3 is 2.41 bits per heavy atom. The van der Waals surface area contributed by atoms with Crippen LogP contribution in [0.5, 0.6) is 0 Å². The molecular formula is C13H21NO3. The van der Waals surface area contributed by atoms with Crippen molar-refractivity contribution < 1.29 is 14.2 Å². The lowest BCUT2D eigenvalue weighted by molar-refractivity contribution is -0.00422. The topological polar surface area (TPSA) is 53.7 Å². The standard InChI is InChI=1S/C13H21NO3/c1-15-7-8-16-9-10-17-13(11-14)12-5-3-2-4-6-12/h2-6,13H,7-11,14H2,1H3. The van der Waals surface area contributed by atoms with Crippen molar-refractivity contribution >= 4 is 0 Å². The molecule has 0 fully saturated rings. The maximum absolute atomic E-state index is 5.68. The van der Waals surface area contributed by atoms with Crippen molar-refractivity contribution in [1.82, 2.24) is 0 Å². The van der Waals surface area contributed by atoms with Gasteiger partial charge < -0.3 is 19.9 Å². The van der Waals surface area contributed by atoms with Gasteiger partial charge in [-0.25, -0.2) is 0 Å². The number of hydrogen-bond acceptors (Lipinski definition) is 4. The van der Waals surface area contributed by atoms with Crippen LogP contribution in [0.15, 0.2) is 30.3 Å². The molecule has 0 amide bonds. The van der Waals surface area contributed by atoms with Crippen LogP contribution in [-0.4, -0.2) is 40.1 Å². The van der Waals surface area contributed by atoms with Crippen molar-refractivity contribution in [3.05, 3.63) is 35.9 Å². The van der Waals surface area contributed by atoms with E-state index in [4.69, 9.17) is 19.9 Å². The minimum atomic E-state index is -0.0535. The normalized spacial score (nSPS) is 12.6. The van der Waals surface area contributed by atoms with Crippen molar-refractivity contribution in [2.45, 2.75) is 6.10 Å². The van der Waals surface area contributed by atoms with Gasteiger partial charge in [-0.2, -0.15) is 0 Å². The fraction of sp³-hybridized carbons (Fsp3) is 0.538. The lowest BCUT2D eigenvalue weighted by Crippen LogP contribution is -2.18. The van der Waals surface area contributed by atoms with Crippen molar-refractivity contribution in [3.8, 4) is 0 Å². The Kier molecular flexibility index (Phi) is 7.58. The number of nitrogens with two attached hydrogens (primary N) is 1. The molecule has 0 aliphatic carbocycles. The predicted octanol–water partition coefficient (Wildman–Crippen LogP) is 1.37. The van der Waals surface area contributed by atoms with E-state index in [2.05, 4.69) is 0 Å². The Morgan fingerprint density at radius 2 is 1.76 bits per heavy atom. The van der Waals surface area contributed by atoms with Crippen LogP contribution >= 0.6 is 0 Å². The number of ether oxygens (including phenoxy) is 3. The molecule has 96 valence electrons. The highest BCUT2D eigenvalue weighted by Gasteiger charge is 2.08. The molecule has 1 rings (SSSR count). The maximum atomic E-state index is 5.68. The summed E-state index contributed by atoms with van der Waals surface area (Å²) in [4.78, 5) is 0. The van der Waals surface area contributed by atoms with Crippen LogP contribution in [0.25, 0.3) is 0 Å². The number of benzene rings is 1. The van der Waals surface area contributed by atoms with Crippen LogP contribution in [0, 0.1) is 0 Å². The third-order valence-corrected chi connectivity index (χ3v) is 2.36. The highest BCUT2D eigenvalue weighted by molar-refractivity contribution is 5.17. The molecule has 0 aliphatic rings. The Labute approximate surface area is 103 Å². The van der Waals surface area contributed by atoms with Gasteiger partial charge in [0.15, 0.2) is 0 Å². The first-order valence-electron chi connectivity index (χ1n) is 5.81. The summed E-state index contributed by atoms with van der Waals surface area (Å²) in [5.74, 6) is 0. The fourth-order valence-electron chi connectivity index (χ4n) is 1.46. The number of rotatable bonds is 9. The average molecular weight is 239 g/mol. The molecule has 1 aromatic carbocycles. The highest BCUT2D eigenvalue weighted by atomic mass is 16.5. The summed E-state index contributed by atoms with van der Waals surface area (Å²) in [7, 11) is 1.65. The van der Waals surface area contributed by atoms with Crippen molar-refractivity contribution in [2.75, 3.05) is 40.1 Å². The first-order chi connectivity index (χ1) is 8.38. The van der Waals surface area contributed by atoms with E-state index in [9.17, 15) is 0 Å². The summed E-state index contributed by atoms with van der Waals surface area (Å²) in [6.07, 6.45) is -0.0535. The van der Waals surface area contributed by atoms with Crippen molar-refractivity contribution in [2.24, 2.45) is 5.73 Å². The molecular weight excluding hydrogens is 218 g/mol. The zero-order valence-electron chi connectivity index (χ0n) is 10.3. The zero-order chi connectivity index (χ0) is 12.3. The molecule has 0 radical (unpaired) electrons. The van der Waals surface area contributed by atoms with Crippen LogP contribution in [0.1, 0.15) is 11.7 Å². The molecule has 0 bridgehead atoms. The van der Waals surface area contributed by atoms with Crippen LogP contribution in [0.4, 0.5) is 0 Å². The van der Waals surface area contributed by atoms with Gasteiger partial charge in [-0.3, -0.25) is 0 Å². The fourth-order valence-corrected chi connectivity index (χ4v) is 1.46. The van der Waals surface area contributed by atoms with E-state index in [0.717, 1.165) is 5.56 Å². The monoisotopic (exact) mass is 239 g/mol. The van der Waals surface area contributed by atoms with Crippen molar-refractivity contribution in [1.29, 1.82) is 0 Å². The van der Waals surface area contributed by atoms with E-state index in [1.54, 1.807) is 7.11 Å². The Balaban J connectivity index is 2.20. The van der Waals surface area contributed by atoms with Gasteiger partial charge in [0.1, 0.15) is 0 Å². The summed E-state index contributed by atoms with van der Waals surface area (Å²) in [5.41, 5.74) is 6.79. The van der Waals surface area contributed by atoms with Crippen LogP contribution in [-0.2, 0) is 14.2 Å². The van der Waals surface area contributed by atoms with E-state index in [1.165, 1.54) is 0 Å². The zero-order valence-corrected chi connectivity index (χ0v) is 10.3. The molecule has 2 N–H and O–H groups in total. The van der Waals surface area contributed by atoms with E-state index >= 15 is 0 Å². The Bertz CT molecular complexity index is 279. The molecule has 0 heterocycles. The number of methoxy groups -OCH3 is 1. The first kappa shape index (κ1) is 14.1. The van der Waals surface area contributed by atoms with Crippen LogP contribution < -0.4 is 5.73 Å². The summed E-state index contributed by atoms with van der Waals surface area (Å²) in [6.45, 7) is 2.78. The Morgan fingerprint density at radius 1 is 1.06 bits per heavy atom. The summed E-state index contributed by atoms with van der Waals surface area (Å²) in [6, 6.07) is 9.98. The molecule has 0 spiro atoms. The minimum Gasteiger partial charge on any atom is -0.382 e. The van der Waals surface area contributed by atoms with Gasteiger partial charge in [-0.15, -0.1) is 0 Å². The Hall–Kier alpha value is -0.940. The summed E-state index contributed by atoms with van der Waals surface area (Å²) < 4.78 is 15.9. The smallest absolute Gasteiger partial charge is 0.0948 e. The quantitative estimate of drug-likeness (QED) is 0.661. The lowest BCUT2D eigenvalue weighted by atomic mass is 10.1. The molecule has 4 heteroatoms. The summed E-state index contributed by atoms with van der Waals surface area (Å²) in [5, 5.41) is 0. The SMILES string of the molecule is COCCOCCOC(CN)c1ccccc1. The van der Waals surface area contributed by atoms with Gasteiger partial charge in [0, 0.05) is 13.7 Å². The number of hydrogen-bond donors (Lipinski definition) is 1. The van der Waals surface area contributed by atoms with Gasteiger partial charge in [-0.1, -0.05) is 30.3 Å². The molecule has 1 unspecified atom stereocenters. The third kappa shape index (κ3) is 5.79. The van der Waals surface area contributed by atoms with Gasteiger partial charge in [0.05, 0.1) is 32.5 Å². The summed E-state index contributed by atoms with van der Waals surface area (Å²) >= 11 is 0. The van der Waals surface area contributed by atoms with E-state index in [-0.39, 0.29) is 6.10 Å². The molecule has 0 saturated heterocycles. The van der Waals surface area contributed by atoms with Gasteiger partial charge in [0.2, 0.25) is 0 Å². The van der Waals surface area contributed by atoms with Crippen molar-refractivity contribution in [3.63, 3.8) is 0 Å². The van der Waals surface area contributed by atoms with E-state index in [1.807, 2.05) is 30.3 Å². The van der Waals surface area contributed by atoms with E-state index < -0.39 is 0 Å². The van der Waals surface area contributed by atoms with Gasteiger partial charge in [-0.05, 0) is 5.56 Å². The van der Waals surface area contributed by atoms with Gasteiger partial charge >= 0.3 is 0 Å². The lowest BCUT2D eigenvalue weighted by Gasteiger charge is -2.16. The average Bonchev–Trinajstić information content (AvgIpc) is 2.39. The second-order valence-electron chi connectivity index (χ2n) is 3.61. The molecule has 0 aliphatic heterocycles. The molecule has 4 nitrogen and oxygen atoms in total. The first-order valence-corrected chi connectivity index (χ1v) is 5.81. The van der Waals surface area contributed by atoms with Gasteiger partial charge in [0.25, 0.3) is 0 Å². The maximum Gasteiger partial charge on any atom is 0.0948 e. The largest absolute Gasteiger partial charge is 0.382 e. The highest BCUT2D eigenvalue weighted by Crippen LogP contribution is 2.14. The minimum absolute atomic E-state index is 0.0535. The van der Waals surface area contributed by atoms with Crippen LogP contribution in [0.3, 0.4) is 0 Å². The molecule has 1 aromatic rings. The molecule has 0 saturated carbocycles. The second kappa shape index (κ2) is 9.13. The van der Waals surface area contributed by atoms with E-state index in [0.29, 0.717) is 33.0 Å². The predicted molar refractivity (Wildman–Crippen MR) is 66.9 cm³/mol. The van der Waals surface area contributed by atoms with Crippen LogP contribution in [0.2, 0.25) is 0 Å².